The van der Waals surface area contributed by atoms with Crippen LogP contribution in [0.3, 0.4) is 0 Å². The monoisotopic (exact) mass is 274 g/mol. The summed E-state index contributed by atoms with van der Waals surface area (Å²) in [4.78, 5) is 14.1. The number of carboxylic acids is 1. The minimum Gasteiger partial charge on any atom is -0.495 e. The summed E-state index contributed by atoms with van der Waals surface area (Å²) in [6.45, 7) is -0.102. The van der Waals surface area contributed by atoms with Crippen molar-refractivity contribution in [3.05, 3.63) is 18.5 Å². The lowest BCUT2D eigenvalue weighted by Gasteiger charge is -2.16. The van der Waals surface area contributed by atoms with E-state index < -0.39 is 16.0 Å². The van der Waals surface area contributed by atoms with Crippen LogP contribution in [0.1, 0.15) is 6.42 Å². The third-order valence-corrected chi connectivity index (χ3v) is 4.09. The van der Waals surface area contributed by atoms with Gasteiger partial charge < -0.3 is 9.84 Å². The highest BCUT2D eigenvalue weighted by Gasteiger charge is 2.22. The highest BCUT2D eigenvalue weighted by atomic mass is 32.2. The highest BCUT2D eigenvalue weighted by molar-refractivity contribution is 7.89. The fraction of sp³-hybridized carbons (Fsp3) is 0.400. The van der Waals surface area contributed by atoms with Gasteiger partial charge in [0.15, 0.2) is 0 Å². The number of hydrogen-bond acceptors (Lipinski definition) is 5. The van der Waals surface area contributed by atoms with E-state index in [0.717, 1.165) is 4.31 Å². The molecule has 18 heavy (non-hydrogen) atoms. The van der Waals surface area contributed by atoms with Gasteiger partial charge in [-0.2, -0.15) is 0 Å². The van der Waals surface area contributed by atoms with Crippen molar-refractivity contribution in [2.75, 3.05) is 20.7 Å². The Labute approximate surface area is 105 Å². The van der Waals surface area contributed by atoms with E-state index in [1.54, 1.807) is 0 Å². The van der Waals surface area contributed by atoms with Gasteiger partial charge in [0.2, 0.25) is 10.0 Å². The SMILES string of the molecule is COc1cncc(S(=O)(=O)N(C)CCC(=O)O)c1. The number of sulfonamides is 1. The number of aliphatic carboxylic acids is 1. The molecule has 1 N–H and O–H groups in total. The zero-order chi connectivity index (χ0) is 13.8. The van der Waals surface area contributed by atoms with E-state index in [4.69, 9.17) is 9.84 Å². The molecule has 100 valence electrons. The molecule has 1 aromatic rings. The summed E-state index contributed by atoms with van der Waals surface area (Å²) in [5.41, 5.74) is 0. The molecule has 0 amide bonds. The molecule has 7 nitrogen and oxygen atoms in total. The molecule has 0 spiro atoms. The molecule has 0 aliphatic heterocycles. The number of nitrogens with zero attached hydrogens (tertiary/aromatic N) is 2. The second-order valence-corrected chi connectivity index (χ2v) is 5.58. The topological polar surface area (TPSA) is 96.8 Å². The first-order valence-electron chi connectivity index (χ1n) is 5.05. The number of carbonyl (C=O) groups is 1. The number of methoxy groups -OCH3 is 1. The molecule has 0 aliphatic rings. The van der Waals surface area contributed by atoms with Crippen LogP contribution < -0.4 is 4.74 Å². The Balaban J connectivity index is 2.94. The third kappa shape index (κ3) is 3.41. The van der Waals surface area contributed by atoms with E-state index in [2.05, 4.69) is 4.98 Å². The smallest absolute Gasteiger partial charge is 0.304 e. The maximum Gasteiger partial charge on any atom is 0.304 e. The largest absolute Gasteiger partial charge is 0.495 e. The van der Waals surface area contributed by atoms with E-state index in [-0.39, 0.29) is 17.9 Å². The minimum atomic E-state index is -3.74. The lowest BCUT2D eigenvalue weighted by atomic mass is 10.4. The molecule has 0 aliphatic carbocycles. The van der Waals surface area contributed by atoms with Gasteiger partial charge in [0, 0.05) is 25.9 Å². The van der Waals surface area contributed by atoms with E-state index in [9.17, 15) is 13.2 Å². The second-order valence-electron chi connectivity index (χ2n) is 3.53. The van der Waals surface area contributed by atoms with Gasteiger partial charge in [-0.3, -0.25) is 9.78 Å². The minimum absolute atomic E-state index is 0.0326. The summed E-state index contributed by atoms with van der Waals surface area (Å²) in [7, 11) is -1.02. The van der Waals surface area contributed by atoms with Crippen molar-refractivity contribution in [1.29, 1.82) is 0 Å². The first-order chi connectivity index (χ1) is 8.37. The Hall–Kier alpha value is -1.67. The number of aromatic nitrogens is 1. The molecule has 0 atom stereocenters. The van der Waals surface area contributed by atoms with Crippen LogP contribution in [0.4, 0.5) is 0 Å². The Morgan fingerprint density at radius 1 is 1.50 bits per heavy atom. The van der Waals surface area contributed by atoms with Crippen molar-refractivity contribution >= 4 is 16.0 Å². The Morgan fingerprint density at radius 3 is 2.72 bits per heavy atom. The molecule has 0 bridgehead atoms. The molecular weight excluding hydrogens is 260 g/mol. The van der Waals surface area contributed by atoms with Crippen molar-refractivity contribution in [2.45, 2.75) is 11.3 Å². The summed E-state index contributed by atoms with van der Waals surface area (Å²) >= 11 is 0. The summed E-state index contributed by atoms with van der Waals surface area (Å²) in [5, 5.41) is 8.53. The van der Waals surface area contributed by atoms with Crippen LogP contribution in [0.2, 0.25) is 0 Å². The molecule has 0 saturated heterocycles. The molecule has 0 fully saturated rings. The van der Waals surface area contributed by atoms with Gasteiger partial charge in [0.25, 0.3) is 0 Å². The third-order valence-electron chi connectivity index (χ3n) is 2.27. The highest BCUT2D eigenvalue weighted by Crippen LogP contribution is 2.18. The predicted octanol–water partition coefficient (Wildman–Crippen LogP) is 0.185. The fourth-order valence-corrected chi connectivity index (χ4v) is 2.36. The van der Waals surface area contributed by atoms with Crippen LogP contribution in [-0.2, 0) is 14.8 Å². The zero-order valence-corrected chi connectivity index (χ0v) is 10.8. The van der Waals surface area contributed by atoms with Crippen molar-refractivity contribution in [3.63, 3.8) is 0 Å². The molecule has 8 heteroatoms. The lowest BCUT2D eigenvalue weighted by Crippen LogP contribution is -2.29. The van der Waals surface area contributed by atoms with E-state index in [1.807, 2.05) is 0 Å². The standard InChI is InChI=1S/C10H14N2O5S/c1-12(4-3-10(13)14)18(15,16)9-5-8(17-2)6-11-7-9/h5-7H,3-4H2,1-2H3,(H,13,14). The first-order valence-corrected chi connectivity index (χ1v) is 6.49. The van der Waals surface area contributed by atoms with Crippen LogP contribution in [0.25, 0.3) is 0 Å². The lowest BCUT2D eigenvalue weighted by molar-refractivity contribution is -0.137. The molecule has 1 rings (SSSR count). The van der Waals surface area contributed by atoms with Gasteiger partial charge in [-0.05, 0) is 0 Å². The second kappa shape index (κ2) is 5.78. The molecule has 1 aromatic heterocycles. The van der Waals surface area contributed by atoms with Crippen LogP contribution >= 0.6 is 0 Å². The normalized spacial score (nSPS) is 11.5. The predicted molar refractivity (Wildman–Crippen MR) is 62.9 cm³/mol. The summed E-state index contributed by atoms with van der Waals surface area (Å²) in [5.74, 6) is -0.733. The molecular formula is C10H14N2O5S. The number of pyridine rings is 1. The molecule has 0 aromatic carbocycles. The molecule has 1 heterocycles. The van der Waals surface area contributed by atoms with Gasteiger partial charge in [-0.25, -0.2) is 12.7 Å². The van der Waals surface area contributed by atoms with E-state index in [1.165, 1.54) is 32.6 Å². The number of carboxylic acid groups (broad SMARTS) is 1. The van der Waals surface area contributed by atoms with Crippen molar-refractivity contribution in [1.82, 2.24) is 9.29 Å². The van der Waals surface area contributed by atoms with Crippen molar-refractivity contribution in [3.8, 4) is 5.75 Å². The molecule has 0 unspecified atom stereocenters. The van der Waals surface area contributed by atoms with Crippen molar-refractivity contribution in [2.24, 2.45) is 0 Å². The van der Waals surface area contributed by atoms with Crippen LogP contribution in [-0.4, -0.2) is 49.5 Å². The first kappa shape index (κ1) is 14.4. The number of rotatable bonds is 6. The van der Waals surface area contributed by atoms with Gasteiger partial charge in [-0.15, -0.1) is 0 Å². The van der Waals surface area contributed by atoms with Crippen LogP contribution in [0.15, 0.2) is 23.4 Å². The summed E-state index contributed by atoms with van der Waals surface area (Å²) in [6.07, 6.45) is 2.32. The maximum absolute atomic E-state index is 12.1. The molecule has 0 radical (unpaired) electrons. The van der Waals surface area contributed by atoms with Gasteiger partial charge in [0.05, 0.1) is 19.7 Å². The Bertz CT molecular complexity index is 529. The number of hydrogen-bond donors (Lipinski definition) is 1. The van der Waals surface area contributed by atoms with Crippen LogP contribution in [0, 0.1) is 0 Å². The van der Waals surface area contributed by atoms with Gasteiger partial charge in [-0.1, -0.05) is 0 Å². The average molecular weight is 274 g/mol. The Kier molecular flexibility index (Phi) is 4.62. The molecule has 0 saturated carbocycles. The van der Waals surface area contributed by atoms with Crippen LogP contribution in [0.5, 0.6) is 5.75 Å². The summed E-state index contributed by atoms with van der Waals surface area (Å²) in [6, 6.07) is 1.33. The Morgan fingerprint density at radius 2 is 2.17 bits per heavy atom. The average Bonchev–Trinajstić information content (AvgIpc) is 2.35. The quantitative estimate of drug-likeness (QED) is 0.795. The number of ether oxygens (including phenoxy) is 1. The van der Waals surface area contributed by atoms with Crippen molar-refractivity contribution < 1.29 is 23.1 Å². The fourth-order valence-electron chi connectivity index (χ4n) is 1.20. The van der Waals surface area contributed by atoms with E-state index in [0.29, 0.717) is 5.75 Å². The van der Waals surface area contributed by atoms with Gasteiger partial charge in [0.1, 0.15) is 10.6 Å². The summed E-state index contributed by atoms with van der Waals surface area (Å²) < 4.78 is 30.0. The van der Waals surface area contributed by atoms with Gasteiger partial charge >= 0.3 is 5.97 Å². The van der Waals surface area contributed by atoms with E-state index >= 15 is 0 Å². The zero-order valence-electron chi connectivity index (χ0n) is 10.0. The maximum atomic E-state index is 12.1.